The molecule has 0 saturated carbocycles. The third kappa shape index (κ3) is 2.17. The van der Waals surface area contributed by atoms with Crippen molar-refractivity contribution in [3.63, 3.8) is 0 Å². The number of likely N-dealkylation sites (tertiary alicyclic amines) is 1. The summed E-state index contributed by atoms with van der Waals surface area (Å²) in [5.74, 6) is -1.09. The highest BCUT2D eigenvalue weighted by atomic mass is 16.4. The van der Waals surface area contributed by atoms with Crippen LogP contribution in [0.2, 0.25) is 0 Å². The Balaban J connectivity index is 1.73. The number of carboxylic acid groups (broad SMARTS) is 1. The van der Waals surface area contributed by atoms with Gasteiger partial charge in [0, 0.05) is 25.2 Å². The number of carboxylic acids is 1. The minimum absolute atomic E-state index is 0.0740. The van der Waals surface area contributed by atoms with Crippen molar-refractivity contribution in [1.29, 1.82) is 0 Å². The second kappa shape index (κ2) is 4.64. The normalized spacial score (nSPS) is 35.4. The van der Waals surface area contributed by atoms with Crippen LogP contribution in [0.4, 0.5) is 4.79 Å². The lowest BCUT2D eigenvalue weighted by Crippen LogP contribution is -2.51. The fourth-order valence-corrected chi connectivity index (χ4v) is 4.30. The summed E-state index contributed by atoms with van der Waals surface area (Å²) in [4.78, 5) is 27.9. The molecule has 0 aliphatic carbocycles. The molecule has 3 unspecified atom stereocenters. The highest BCUT2D eigenvalue weighted by Crippen LogP contribution is 2.43. The van der Waals surface area contributed by atoms with Gasteiger partial charge in [-0.25, -0.2) is 4.79 Å². The predicted octanol–water partition coefficient (Wildman–Crippen LogP) is 2.17. The van der Waals surface area contributed by atoms with Crippen LogP contribution in [-0.2, 0) is 4.79 Å². The van der Waals surface area contributed by atoms with Gasteiger partial charge in [-0.2, -0.15) is 0 Å². The van der Waals surface area contributed by atoms with Crippen LogP contribution in [-0.4, -0.2) is 52.1 Å². The fraction of sp³-hybridized carbons (Fsp3) is 0.867. The number of piperidine rings is 1. The van der Waals surface area contributed by atoms with Crippen molar-refractivity contribution >= 4 is 12.0 Å². The van der Waals surface area contributed by atoms with Gasteiger partial charge in [-0.05, 0) is 37.5 Å². The minimum Gasteiger partial charge on any atom is -0.481 e. The molecular weight excluding hydrogens is 256 g/mol. The number of carbonyl (C=O) groups is 2. The number of hydrogen-bond donors (Lipinski definition) is 1. The molecule has 112 valence electrons. The van der Waals surface area contributed by atoms with Gasteiger partial charge in [0.1, 0.15) is 0 Å². The second-order valence-electron chi connectivity index (χ2n) is 7.36. The van der Waals surface area contributed by atoms with Crippen LogP contribution < -0.4 is 0 Å². The highest BCUT2D eigenvalue weighted by molar-refractivity contribution is 5.79. The molecule has 3 aliphatic heterocycles. The molecule has 0 aromatic rings. The summed E-state index contributed by atoms with van der Waals surface area (Å²) in [6.45, 7) is 6.01. The monoisotopic (exact) mass is 280 g/mol. The molecule has 0 radical (unpaired) electrons. The zero-order valence-electron chi connectivity index (χ0n) is 12.3. The molecule has 3 saturated heterocycles. The van der Waals surface area contributed by atoms with Crippen molar-refractivity contribution in [2.75, 3.05) is 13.1 Å². The van der Waals surface area contributed by atoms with Gasteiger partial charge in [0.2, 0.25) is 0 Å². The minimum atomic E-state index is -0.742. The summed E-state index contributed by atoms with van der Waals surface area (Å²) in [5.41, 5.74) is 0.179. The first-order chi connectivity index (χ1) is 9.39. The summed E-state index contributed by atoms with van der Waals surface area (Å²) < 4.78 is 0. The van der Waals surface area contributed by atoms with Crippen LogP contribution in [0.15, 0.2) is 0 Å². The Morgan fingerprint density at radius 2 is 2.00 bits per heavy atom. The van der Waals surface area contributed by atoms with Crippen LogP contribution in [0, 0.1) is 11.3 Å². The SMILES string of the molecule is CC1(C)CCCN(C(=O)N2C3CCC2C(C(=O)O)C3)C1. The molecule has 5 heteroatoms. The summed E-state index contributed by atoms with van der Waals surface area (Å²) in [7, 11) is 0. The average molecular weight is 280 g/mol. The number of nitrogens with zero attached hydrogens (tertiary/aromatic N) is 2. The van der Waals surface area contributed by atoms with E-state index in [1.807, 2.05) is 9.80 Å². The Kier molecular flexibility index (Phi) is 3.18. The van der Waals surface area contributed by atoms with Crippen molar-refractivity contribution < 1.29 is 14.7 Å². The Labute approximate surface area is 119 Å². The molecule has 3 heterocycles. The summed E-state index contributed by atoms with van der Waals surface area (Å²) in [6.07, 6.45) is 4.66. The molecule has 3 atom stereocenters. The van der Waals surface area contributed by atoms with Crippen LogP contribution in [0.3, 0.4) is 0 Å². The van der Waals surface area contributed by atoms with Gasteiger partial charge in [-0.1, -0.05) is 13.8 Å². The fourth-order valence-electron chi connectivity index (χ4n) is 4.30. The molecule has 0 aromatic carbocycles. The van der Waals surface area contributed by atoms with Crippen molar-refractivity contribution in [2.45, 2.75) is 58.0 Å². The molecule has 3 rings (SSSR count). The van der Waals surface area contributed by atoms with E-state index >= 15 is 0 Å². The number of fused-ring (bicyclic) bond motifs is 2. The van der Waals surface area contributed by atoms with E-state index < -0.39 is 5.97 Å². The zero-order chi connectivity index (χ0) is 14.5. The lowest BCUT2D eigenvalue weighted by molar-refractivity contribution is -0.142. The molecule has 1 N–H and O–H groups in total. The molecular formula is C15H24N2O3. The van der Waals surface area contributed by atoms with E-state index in [0.717, 1.165) is 38.8 Å². The Bertz CT molecular complexity index is 435. The molecule has 2 amide bonds. The molecule has 2 bridgehead atoms. The van der Waals surface area contributed by atoms with E-state index in [0.29, 0.717) is 6.42 Å². The van der Waals surface area contributed by atoms with Crippen molar-refractivity contribution in [3.05, 3.63) is 0 Å². The van der Waals surface area contributed by atoms with Crippen molar-refractivity contribution in [3.8, 4) is 0 Å². The van der Waals surface area contributed by atoms with Gasteiger partial charge in [0.15, 0.2) is 0 Å². The topological polar surface area (TPSA) is 60.9 Å². The van der Waals surface area contributed by atoms with Crippen molar-refractivity contribution in [2.24, 2.45) is 11.3 Å². The van der Waals surface area contributed by atoms with E-state index in [4.69, 9.17) is 0 Å². The van der Waals surface area contributed by atoms with Crippen LogP contribution in [0.25, 0.3) is 0 Å². The third-order valence-electron chi connectivity index (χ3n) is 5.25. The molecule has 3 fully saturated rings. The summed E-state index contributed by atoms with van der Waals surface area (Å²) >= 11 is 0. The number of amides is 2. The largest absolute Gasteiger partial charge is 0.481 e. The first kappa shape index (κ1) is 13.7. The van der Waals surface area contributed by atoms with Gasteiger partial charge in [0.25, 0.3) is 0 Å². The molecule has 3 aliphatic rings. The average Bonchev–Trinajstić information content (AvgIpc) is 2.94. The maximum Gasteiger partial charge on any atom is 0.320 e. The van der Waals surface area contributed by atoms with Crippen LogP contribution >= 0.6 is 0 Å². The smallest absolute Gasteiger partial charge is 0.320 e. The second-order valence-corrected chi connectivity index (χ2v) is 7.36. The lowest BCUT2D eigenvalue weighted by atomic mass is 9.84. The first-order valence-electron chi connectivity index (χ1n) is 7.69. The third-order valence-corrected chi connectivity index (χ3v) is 5.25. The van der Waals surface area contributed by atoms with Gasteiger partial charge in [-0.3, -0.25) is 4.79 Å². The van der Waals surface area contributed by atoms with Gasteiger partial charge in [-0.15, -0.1) is 0 Å². The quantitative estimate of drug-likeness (QED) is 0.800. The Hall–Kier alpha value is -1.26. The summed E-state index contributed by atoms with van der Waals surface area (Å²) in [6, 6.07) is 0.155. The highest BCUT2D eigenvalue weighted by Gasteiger charge is 2.52. The van der Waals surface area contributed by atoms with Gasteiger partial charge >= 0.3 is 12.0 Å². The van der Waals surface area contributed by atoms with Crippen molar-refractivity contribution in [1.82, 2.24) is 9.80 Å². The number of aliphatic carboxylic acids is 1. The number of hydrogen-bond acceptors (Lipinski definition) is 2. The van der Waals surface area contributed by atoms with Crippen LogP contribution in [0.1, 0.15) is 46.0 Å². The molecule has 5 nitrogen and oxygen atoms in total. The first-order valence-corrected chi connectivity index (χ1v) is 7.69. The van der Waals surface area contributed by atoms with E-state index in [1.54, 1.807) is 0 Å². The molecule has 0 spiro atoms. The standard InChI is InChI=1S/C15H24N2O3/c1-15(2)6-3-7-16(9-15)14(20)17-10-4-5-12(17)11(8-10)13(18)19/h10-12H,3-9H2,1-2H3,(H,18,19). The lowest BCUT2D eigenvalue weighted by Gasteiger charge is -2.40. The van der Waals surface area contributed by atoms with E-state index in [2.05, 4.69) is 13.8 Å². The Morgan fingerprint density at radius 1 is 1.25 bits per heavy atom. The van der Waals surface area contributed by atoms with E-state index in [-0.39, 0.29) is 29.4 Å². The Morgan fingerprint density at radius 3 is 2.60 bits per heavy atom. The number of carbonyl (C=O) groups excluding carboxylic acids is 1. The predicted molar refractivity (Wildman–Crippen MR) is 74.4 cm³/mol. The van der Waals surface area contributed by atoms with E-state index in [9.17, 15) is 14.7 Å². The maximum atomic E-state index is 12.8. The number of urea groups is 1. The van der Waals surface area contributed by atoms with Gasteiger partial charge in [0.05, 0.1) is 5.92 Å². The number of rotatable bonds is 1. The zero-order valence-corrected chi connectivity index (χ0v) is 12.3. The van der Waals surface area contributed by atoms with E-state index in [1.165, 1.54) is 0 Å². The molecule has 20 heavy (non-hydrogen) atoms. The van der Waals surface area contributed by atoms with Gasteiger partial charge < -0.3 is 14.9 Å². The molecule has 0 aromatic heterocycles. The van der Waals surface area contributed by atoms with Crippen LogP contribution in [0.5, 0.6) is 0 Å². The summed E-state index contributed by atoms with van der Waals surface area (Å²) in [5, 5.41) is 9.28. The maximum absolute atomic E-state index is 12.8.